The van der Waals surface area contributed by atoms with Crippen LogP contribution in [-0.4, -0.2) is 36.3 Å². The highest BCUT2D eigenvalue weighted by molar-refractivity contribution is 5.76. The summed E-state index contributed by atoms with van der Waals surface area (Å²) in [5.74, 6) is 0.0614. The second kappa shape index (κ2) is 9.09. The number of rotatable bonds is 6. The van der Waals surface area contributed by atoms with Crippen molar-refractivity contribution < 1.29 is 13.9 Å². The molecule has 0 aliphatic heterocycles. The Kier molecular flexibility index (Phi) is 6.14. The Morgan fingerprint density at radius 1 is 1.03 bits per heavy atom. The molecule has 3 aromatic rings. The van der Waals surface area contributed by atoms with Gasteiger partial charge in [-0.15, -0.1) is 0 Å². The van der Waals surface area contributed by atoms with Gasteiger partial charge < -0.3 is 15.7 Å². The van der Waals surface area contributed by atoms with Crippen molar-refractivity contribution in [3.63, 3.8) is 0 Å². The SMILES string of the molecule is CC(C)(O)C1CCC(Nc2ncc3nc(Nc4ccc(F)cc4F)n(C4CCCC4)c3n2)CC1. The second-order valence-electron chi connectivity index (χ2n) is 10.2. The van der Waals surface area contributed by atoms with E-state index in [1.165, 1.54) is 12.1 Å². The normalized spacial score (nSPS) is 21.8. The Balaban J connectivity index is 1.41. The van der Waals surface area contributed by atoms with Gasteiger partial charge in [-0.3, -0.25) is 4.57 Å². The second-order valence-corrected chi connectivity index (χ2v) is 10.2. The van der Waals surface area contributed by atoms with E-state index in [1.807, 2.05) is 18.4 Å². The Morgan fingerprint density at radius 2 is 1.76 bits per heavy atom. The third kappa shape index (κ3) is 4.71. The van der Waals surface area contributed by atoms with Gasteiger partial charge in [0.05, 0.1) is 17.5 Å². The summed E-state index contributed by atoms with van der Waals surface area (Å²) in [7, 11) is 0. The molecule has 0 spiro atoms. The molecule has 2 saturated carbocycles. The first-order valence-corrected chi connectivity index (χ1v) is 12.2. The lowest BCUT2D eigenvalue weighted by Crippen LogP contribution is -2.37. The van der Waals surface area contributed by atoms with Crippen molar-refractivity contribution >= 4 is 28.7 Å². The van der Waals surface area contributed by atoms with Gasteiger partial charge in [0.25, 0.3) is 0 Å². The van der Waals surface area contributed by atoms with E-state index < -0.39 is 17.2 Å². The Morgan fingerprint density at radius 3 is 2.44 bits per heavy atom. The van der Waals surface area contributed by atoms with Crippen LogP contribution < -0.4 is 10.6 Å². The molecule has 34 heavy (non-hydrogen) atoms. The molecule has 0 saturated heterocycles. The third-order valence-electron chi connectivity index (χ3n) is 7.36. The molecule has 0 atom stereocenters. The molecule has 1 aromatic carbocycles. The van der Waals surface area contributed by atoms with E-state index in [-0.39, 0.29) is 17.8 Å². The highest BCUT2D eigenvalue weighted by Crippen LogP contribution is 2.37. The van der Waals surface area contributed by atoms with Crippen molar-refractivity contribution in [2.45, 2.75) is 82.9 Å². The highest BCUT2D eigenvalue weighted by atomic mass is 19.1. The quantitative estimate of drug-likeness (QED) is 0.428. The van der Waals surface area contributed by atoms with Crippen LogP contribution in [0.25, 0.3) is 11.2 Å². The van der Waals surface area contributed by atoms with E-state index in [2.05, 4.69) is 20.6 Å². The lowest BCUT2D eigenvalue weighted by Gasteiger charge is -2.36. The van der Waals surface area contributed by atoms with Crippen LogP contribution in [-0.2, 0) is 0 Å². The zero-order chi connectivity index (χ0) is 23.9. The van der Waals surface area contributed by atoms with Crippen molar-refractivity contribution in [3.8, 4) is 0 Å². The van der Waals surface area contributed by atoms with Gasteiger partial charge in [0, 0.05) is 18.2 Å². The smallest absolute Gasteiger partial charge is 0.224 e. The summed E-state index contributed by atoms with van der Waals surface area (Å²) in [5, 5.41) is 16.8. The van der Waals surface area contributed by atoms with Crippen LogP contribution >= 0.6 is 0 Å². The van der Waals surface area contributed by atoms with E-state index in [0.29, 0.717) is 29.0 Å². The molecular weight excluding hydrogens is 438 g/mol. The molecule has 0 amide bonds. The van der Waals surface area contributed by atoms with Crippen LogP contribution in [0.3, 0.4) is 0 Å². The molecule has 2 fully saturated rings. The standard InChI is InChI=1S/C25H32F2N6O/c1-25(2,34)15-7-10-17(11-8-15)29-23-28-14-21-22(32-23)33(18-5-3-4-6-18)24(31-21)30-20-12-9-16(26)13-19(20)27/h9,12-15,17-18,34H,3-8,10-11H2,1-2H3,(H,30,31)(H,28,29,32). The maximum Gasteiger partial charge on any atom is 0.224 e. The zero-order valence-corrected chi connectivity index (χ0v) is 19.7. The maximum atomic E-state index is 14.3. The van der Waals surface area contributed by atoms with Gasteiger partial charge in [-0.2, -0.15) is 4.98 Å². The number of anilines is 3. The number of halogens is 2. The van der Waals surface area contributed by atoms with Crippen molar-refractivity contribution in [2.75, 3.05) is 10.6 Å². The molecule has 7 nitrogen and oxygen atoms in total. The summed E-state index contributed by atoms with van der Waals surface area (Å²) in [5.41, 5.74) is 0.861. The zero-order valence-electron chi connectivity index (χ0n) is 19.7. The number of hydrogen-bond donors (Lipinski definition) is 3. The average Bonchev–Trinajstić information content (AvgIpc) is 3.42. The minimum absolute atomic E-state index is 0.172. The van der Waals surface area contributed by atoms with E-state index in [9.17, 15) is 13.9 Å². The predicted octanol–water partition coefficient (Wildman–Crippen LogP) is 5.70. The Hall–Kier alpha value is -2.81. The highest BCUT2D eigenvalue weighted by Gasteiger charge is 2.32. The molecule has 9 heteroatoms. The molecule has 2 aliphatic rings. The number of hydrogen-bond acceptors (Lipinski definition) is 6. The van der Waals surface area contributed by atoms with Crippen molar-refractivity contribution in [1.29, 1.82) is 0 Å². The number of fused-ring (bicyclic) bond motifs is 1. The van der Waals surface area contributed by atoms with Gasteiger partial charge in [-0.1, -0.05) is 12.8 Å². The van der Waals surface area contributed by atoms with Crippen molar-refractivity contribution in [2.24, 2.45) is 5.92 Å². The number of aliphatic hydroxyl groups is 1. The number of nitrogens with one attached hydrogen (secondary N) is 2. The molecule has 3 N–H and O–H groups in total. The molecule has 0 bridgehead atoms. The molecule has 182 valence electrons. The fourth-order valence-corrected chi connectivity index (χ4v) is 5.40. The molecule has 5 rings (SSSR count). The number of imidazole rings is 1. The molecule has 2 heterocycles. The molecule has 2 aliphatic carbocycles. The summed E-state index contributed by atoms with van der Waals surface area (Å²) in [6.07, 6.45) is 9.76. The Labute approximate surface area is 198 Å². The average molecular weight is 471 g/mol. The lowest BCUT2D eigenvalue weighted by molar-refractivity contribution is -0.000414. The van der Waals surface area contributed by atoms with Crippen LogP contribution in [0.1, 0.15) is 71.3 Å². The first kappa shape index (κ1) is 23.0. The fraction of sp³-hybridized carbons (Fsp3) is 0.560. The third-order valence-corrected chi connectivity index (χ3v) is 7.36. The van der Waals surface area contributed by atoms with Crippen LogP contribution in [0.4, 0.5) is 26.4 Å². The molecule has 2 aromatic heterocycles. The molecule has 0 unspecified atom stereocenters. The monoisotopic (exact) mass is 470 g/mol. The topological polar surface area (TPSA) is 87.9 Å². The molecular formula is C25H32F2N6O. The lowest BCUT2D eigenvalue weighted by atomic mass is 9.77. The van der Waals surface area contributed by atoms with Crippen LogP contribution in [0.5, 0.6) is 0 Å². The fourth-order valence-electron chi connectivity index (χ4n) is 5.40. The van der Waals surface area contributed by atoms with Gasteiger partial charge in [0.2, 0.25) is 11.9 Å². The van der Waals surface area contributed by atoms with Gasteiger partial charge >= 0.3 is 0 Å². The Bertz CT molecular complexity index is 1160. The summed E-state index contributed by atoms with van der Waals surface area (Å²) >= 11 is 0. The van der Waals surface area contributed by atoms with Gasteiger partial charge in [0.1, 0.15) is 17.2 Å². The van der Waals surface area contributed by atoms with Crippen LogP contribution in [0.2, 0.25) is 0 Å². The number of aromatic nitrogens is 4. The van der Waals surface area contributed by atoms with Crippen molar-refractivity contribution in [3.05, 3.63) is 36.0 Å². The first-order chi connectivity index (χ1) is 16.3. The van der Waals surface area contributed by atoms with E-state index >= 15 is 0 Å². The minimum Gasteiger partial charge on any atom is -0.390 e. The first-order valence-electron chi connectivity index (χ1n) is 12.2. The summed E-state index contributed by atoms with van der Waals surface area (Å²) < 4.78 is 29.7. The van der Waals surface area contributed by atoms with Crippen LogP contribution in [0, 0.1) is 17.6 Å². The van der Waals surface area contributed by atoms with Gasteiger partial charge in [0.15, 0.2) is 5.65 Å². The summed E-state index contributed by atoms with van der Waals surface area (Å²) in [6.45, 7) is 3.77. The summed E-state index contributed by atoms with van der Waals surface area (Å²) in [6, 6.07) is 3.93. The van der Waals surface area contributed by atoms with Gasteiger partial charge in [-0.05, 0) is 70.4 Å². The van der Waals surface area contributed by atoms with Crippen molar-refractivity contribution in [1.82, 2.24) is 19.5 Å². The van der Waals surface area contributed by atoms with E-state index in [1.54, 1.807) is 6.20 Å². The van der Waals surface area contributed by atoms with Crippen LogP contribution in [0.15, 0.2) is 24.4 Å². The summed E-state index contributed by atoms with van der Waals surface area (Å²) in [4.78, 5) is 14.0. The largest absolute Gasteiger partial charge is 0.390 e. The minimum atomic E-state index is -0.667. The molecule has 0 radical (unpaired) electrons. The van der Waals surface area contributed by atoms with E-state index in [0.717, 1.165) is 57.4 Å². The maximum absolute atomic E-state index is 14.3. The van der Waals surface area contributed by atoms with E-state index in [4.69, 9.17) is 4.98 Å². The number of benzene rings is 1. The number of nitrogens with zero attached hydrogens (tertiary/aromatic N) is 4. The predicted molar refractivity (Wildman–Crippen MR) is 128 cm³/mol. The van der Waals surface area contributed by atoms with Gasteiger partial charge in [-0.25, -0.2) is 18.7 Å².